The molecule has 1 N–H and O–H groups in total. The Balaban J connectivity index is 2.17. The van der Waals surface area contributed by atoms with Crippen molar-refractivity contribution in [2.75, 3.05) is 0 Å². The molecule has 0 spiro atoms. The third kappa shape index (κ3) is 2.37. The number of aromatic hydroxyl groups is 1. The van der Waals surface area contributed by atoms with E-state index in [0.29, 0.717) is 5.75 Å². The van der Waals surface area contributed by atoms with Crippen LogP contribution < -0.4 is 0 Å². The molecule has 0 saturated carbocycles. The Bertz CT molecular complexity index is 682. The highest BCUT2D eigenvalue weighted by Gasteiger charge is 2.24. The predicted octanol–water partition coefficient (Wildman–Crippen LogP) is 5.07. The predicted molar refractivity (Wildman–Crippen MR) is 88.8 cm³/mol. The average molecular weight is 278 g/mol. The van der Waals surface area contributed by atoms with Gasteiger partial charge in [-0.05, 0) is 41.2 Å². The minimum Gasteiger partial charge on any atom is -0.508 e. The molecular formula is C20H22O. The van der Waals surface area contributed by atoms with E-state index in [0.717, 1.165) is 24.8 Å². The first-order valence-electron chi connectivity index (χ1n) is 7.87. The number of fused-ring (bicyclic) bond motifs is 1. The maximum Gasteiger partial charge on any atom is 0.120 e. The van der Waals surface area contributed by atoms with E-state index in [9.17, 15) is 5.11 Å². The van der Waals surface area contributed by atoms with Gasteiger partial charge >= 0.3 is 0 Å². The maximum absolute atomic E-state index is 10.5. The lowest BCUT2D eigenvalue weighted by Gasteiger charge is -2.20. The van der Waals surface area contributed by atoms with Crippen LogP contribution >= 0.6 is 0 Å². The molecule has 2 aromatic carbocycles. The van der Waals surface area contributed by atoms with Gasteiger partial charge in [-0.15, -0.1) is 0 Å². The maximum atomic E-state index is 10.5. The van der Waals surface area contributed by atoms with E-state index in [1.807, 2.05) is 6.07 Å². The summed E-state index contributed by atoms with van der Waals surface area (Å²) in [6, 6.07) is 12.4. The second-order valence-corrected chi connectivity index (χ2v) is 5.71. The third-order valence-corrected chi connectivity index (χ3v) is 4.42. The lowest BCUT2D eigenvalue weighted by molar-refractivity contribution is 0.466. The molecule has 0 aromatic heterocycles. The van der Waals surface area contributed by atoms with E-state index in [-0.39, 0.29) is 5.92 Å². The Hall–Kier alpha value is -2.02. The zero-order valence-electron chi connectivity index (χ0n) is 12.8. The van der Waals surface area contributed by atoms with Crippen molar-refractivity contribution >= 4 is 6.08 Å². The number of allylic oxidation sites excluding steroid dienone is 1. The standard InChI is InChI=1S/C20H22O/c1-3-7-17-14(4-2)11-13-19(21)20(17)18-12-10-15-8-5-6-9-16(15)18/h5-6,8-13,18,21H,3-4,7H2,1-2H3. The van der Waals surface area contributed by atoms with Crippen LogP contribution in [0.3, 0.4) is 0 Å². The van der Waals surface area contributed by atoms with Crippen LogP contribution in [0, 0.1) is 0 Å². The average Bonchev–Trinajstić information content (AvgIpc) is 2.92. The fraction of sp³-hybridized carbons (Fsp3) is 0.300. The van der Waals surface area contributed by atoms with Crippen molar-refractivity contribution < 1.29 is 5.11 Å². The van der Waals surface area contributed by atoms with Crippen molar-refractivity contribution in [3.05, 3.63) is 70.3 Å². The topological polar surface area (TPSA) is 20.2 Å². The Morgan fingerprint density at radius 2 is 1.86 bits per heavy atom. The van der Waals surface area contributed by atoms with Crippen molar-refractivity contribution in [1.29, 1.82) is 0 Å². The molecule has 0 radical (unpaired) electrons. The van der Waals surface area contributed by atoms with Gasteiger partial charge in [0.2, 0.25) is 0 Å². The fourth-order valence-electron chi connectivity index (χ4n) is 3.42. The quantitative estimate of drug-likeness (QED) is 0.828. The summed E-state index contributed by atoms with van der Waals surface area (Å²) in [4.78, 5) is 0. The SMILES string of the molecule is CCCc1c(CC)ccc(O)c1C1C=Cc2ccccc21. The highest BCUT2D eigenvalue weighted by atomic mass is 16.3. The molecule has 1 heteroatoms. The van der Waals surface area contributed by atoms with Crippen molar-refractivity contribution in [3.8, 4) is 5.75 Å². The number of rotatable bonds is 4. The zero-order valence-corrected chi connectivity index (χ0v) is 12.8. The van der Waals surface area contributed by atoms with Gasteiger partial charge in [-0.3, -0.25) is 0 Å². The molecule has 1 aliphatic carbocycles. The summed E-state index contributed by atoms with van der Waals surface area (Å²) in [7, 11) is 0. The molecule has 1 nitrogen and oxygen atoms in total. The summed E-state index contributed by atoms with van der Waals surface area (Å²) < 4.78 is 0. The first kappa shape index (κ1) is 13.9. The van der Waals surface area contributed by atoms with Crippen LogP contribution in [-0.2, 0) is 12.8 Å². The molecule has 108 valence electrons. The number of phenols is 1. The smallest absolute Gasteiger partial charge is 0.120 e. The summed E-state index contributed by atoms with van der Waals surface area (Å²) in [5, 5.41) is 10.5. The lowest BCUT2D eigenvalue weighted by atomic mass is 9.84. The first-order valence-corrected chi connectivity index (χ1v) is 7.87. The highest BCUT2D eigenvalue weighted by molar-refractivity contribution is 5.67. The first-order chi connectivity index (χ1) is 10.3. The van der Waals surface area contributed by atoms with Gasteiger partial charge in [-0.1, -0.05) is 62.8 Å². The Kier molecular flexibility index (Phi) is 3.83. The second-order valence-electron chi connectivity index (χ2n) is 5.71. The molecule has 3 rings (SSSR count). The number of phenolic OH excluding ortho intramolecular Hbond substituents is 1. The van der Waals surface area contributed by atoms with Crippen LogP contribution in [0.2, 0.25) is 0 Å². The van der Waals surface area contributed by atoms with Crippen LogP contribution in [0.5, 0.6) is 5.75 Å². The number of hydrogen-bond acceptors (Lipinski definition) is 1. The molecule has 1 atom stereocenters. The van der Waals surface area contributed by atoms with E-state index in [2.05, 4.69) is 56.3 Å². The van der Waals surface area contributed by atoms with Gasteiger partial charge in [0.25, 0.3) is 0 Å². The van der Waals surface area contributed by atoms with Crippen LogP contribution in [0.15, 0.2) is 42.5 Å². The molecule has 21 heavy (non-hydrogen) atoms. The van der Waals surface area contributed by atoms with Gasteiger partial charge in [-0.25, -0.2) is 0 Å². The third-order valence-electron chi connectivity index (χ3n) is 4.42. The van der Waals surface area contributed by atoms with E-state index >= 15 is 0 Å². The van der Waals surface area contributed by atoms with Crippen LogP contribution in [0.4, 0.5) is 0 Å². The highest BCUT2D eigenvalue weighted by Crippen LogP contribution is 2.42. The zero-order chi connectivity index (χ0) is 14.8. The summed E-state index contributed by atoms with van der Waals surface area (Å²) in [6.45, 7) is 4.39. The second kappa shape index (κ2) is 5.77. The summed E-state index contributed by atoms with van der Waals surface area (Å²) in [5.41, 5.74) is 6.39. The largest absolute Gasteiger partial charge is 0.508 e. The molecule has 2 aromatic rings. The Morgan fingerprint density at radius 1 is 1.05 bits per heavy atom. The lowest BCUT2D eigenvalue weighted by Crippen LogP contribution is -2.05. The van der Waals surface area contributed by atoms with Crippen LogP contribution in [0.25, 0.3) is 6.08 Å². The molecule has 0 fully saturated rings. The minimum atomic E-state index is 0.189. The van der Waals surface area contributed by atoms with E-state index in [1.165, 1.54) is 22.3 Å². The van der Waals surface area contributed by atoms with E-state index < -0.39 is 0 Å². The normalized spacial score (nSPS) is 16.2. The van der Waals surface area contributed by atoms with Gasteiger partial charge < -0.3 is 5.11 Å². The molecular weight excluding hydrogens is 256 g/mol. The molecule has 0 saturated heterocycles. The van der Waals surface area contributed by atoms with Gasteiger partial charge in [0.1, 0.15) is 5.75 Å². The summed E-state index contributed by atoms with van der Waals surface area (Å²) in [6.07, 6.45) is 7.54. The summed E-state index contributed by atoms with van der Waals surface area (Å²) >= 11 is 0. The number of benzene rings is 2. The molecule has 0 aliphatic heterocycles. The molecule has 1 unspecified atom stereocenters. The van der Waals surface area contributed by atoms with Crippen LogP contribution in [0.1, 0.15) is 54.0 Å². The van der Waals surface area contributed by atoms with Crippen LogP contribution in [-0.4, -0.2) is 5.11 Å². The monoisotopic (exact) mass is 278 g/mol. The summed E-state index contributed by atoms with van der Waals surface area (Å²) in [5.74, 6) is 0.622. The van der Waals surface area contributed by atoms with Crippen molar-refractivity contribution in [3.63, 3.8) is 0 Å². The Labute approximate surface area is 127 Å². The molecule has 0 bridgehead atoms. The van der Waals surface area contributed by atoms with Gasteiger partial charge in [0.15, 0.2) is 0 Å². The van der Waals surface area contributed by atoms with Gasteiger partial charge in [0, 0.05) is 11.5 Å². The Morgan fingerprint density at radius 3 is 2.62 bits per heavy atom. The van der Waals surface area contributed by atoms with Gasteiger partial charge in [0.05, 0.1) is 0 Å². The molecule has 0 heterocycles. The van der Waals surface area contributed by atoms with Crippen molar-refractivity contribution in [2.45, 2.75) is 39.0 Å². The number of aryl methyl sites for hydroxylation is 1. The fourth-order valence-corrected chi connectivity index (χ4v) is 3.42. The minimum absolute atomic E-state index is 0.189. The van der Waals surface area contributed by atoms with Crippen molar-refractivity contribution in [2.24, 2.45) is 0 Å². The van der Waals surface area contributed by atoms with E-state index in [1.54, 1.807) is 0 Å². The molecule has 1 aliphatic rings. The van der Waals surface area contributed by atoms with Crippen molar-refractivity contribution in [1.82, 2.24) is 0 Å². The van der Waals surface area contributed by atoms with E-state index in [4.69, 9.17) is 0 Å². The van der Waals surface area contributed by atoms with Gasteiger partial charge in [-0.2, -0.15) is 0 Å². The molecule has 0 amide bonds. The number of hydrogen-bond donors (Lipinski definition) is 1.